The van der Waals surface area contributed by atoms with Crippen molar-refractivity contribution in [2.24, 2.45) is 0 Å². The summed E-state index contributed by atoms with van der Waals surface area (Å²) in [7, 11) is 0. The Balaban J connectivity index is 1.56. The Morgan fingerprint density at radius 3 is 2.32 bits per heavy atom. The molecular formula is C30H21N3O. The Hall–Kier alpha value is -4.80. The second-order valence-corrected chi connectivity index (χ2v) is 8.01. The minimum atomic E-state index is -0.350. The highest BCUT2D eigenvalue weighted by Gasteiger charge is 2.22. The minimum Gasteiger partial charge on any atom is -0.353 e. The van der Waals surface area contributed by atoms with E-state index in [9.17, 15) is 4.79 Å². The third kappa shape index (κ3) is 3.79. The molecule has 34 heavy (non-hydrogen) atoms. The van der Waals surface area contributed by atoms with Gasteiger partial charge in [0.05, 0.1) is 11.6 Å². The largest absolute Gasteiger partial charge is 0.353 e. The molecular weight excluding hydrogens is 418 g/mol. The monoisotopic (exact) mass is 439 g/mol. The molecule has 0 saturated carbocycles. The number of hydrogen-bond donors (Lipinski definition) is 2. The van der Waals surface area contributed by atoms with Gasteiger partial charge in [0.15, 0.2) is 5.69 Å². The van der Waals surface area contributed by atoms with Crippen LogP contribution in [-0.4, -0.2) is 15.9 Å². The molecule has 2 aromatic heterocycles. The Labute approximate surface area is 198 Å². The molecule has 0 radical (unpaired) electrons. The van der Waals surface area contributed by atoms with Crippen LogP contribution in [0.3, 0.4) is 0 Å². The van der Waals surface area contributed by atoms with Crippen LogP contribution in [0.5, 0.6) is 0 Å². The highest BCUT2D eigenvalue weighted by molar-refractivity contribution is 6.13. The number of aromatic amines is 1. The molecule has 0 aliphatic heterocycles. The molecule has 3 aromatic carbocycles. The van der Waals surface area contributed by atoms with Gasteiger partial charge in [-0.1, -0.05) is 66.4 Å². The number of nitrogens with one attached hydrogen (secondary N) is 2. The van der Waals surface area contributed by atoms with Crippen molar-refractivity contribution in [2.45, 2.75) is 12.5 Å². The summed E-state index contributed by atoms with van der Waals surface area (Å²) >= 11 is 0. The second kappa shape index (κ2) is 8.98. The summed E-state index contributed by atoms with van der Waals surface area (Å²) in [5.41, 5.74) is 5.27. The van der Waals surface area contributed by atoms with Gasteiger partial charge in [-0.25, -0.2) is 4.98 Å². The fraction of sp³-hybridized carbons (Fsp3) is 0.0667. The Morgan fingerprint density at radius 2 is 1.59 bits per heavy atom. The van der Waals surface area contributed by atoms with Crippen LogP contribution in [0.2, 0.25) is 0 Å². The van der Waals surface area contributed by atoms with E-state index in [-0.39, 0.29) is 11.9 Å². The van der Waals surface area contributed by atoms with E-state index in [2.05, 4.69) is 27.1 Å². The first-order valence-corrected chi connectivity index (χ1v) is 11.0. The lowest BCUT2D eigenvalue weighted by Gasteiger charge is -2.21. The predicted octanol–water partition coefficient (Wildman–Crippen LogP) is 5.39. The van der Waals surface area contributed by atoms with Crippen molar-refractivity contribution in [2.75, 3.05) is 0 Å². The van der Waals surface area contributed by atoms with Crippen molar-refractivity contribution >= 4 is 27.7 Å². The smallest absolute Gasteiger partial charge is 0.272 e. The number of carbonyl (C=O) groups excluding carboxylic acids is 1. The van der Waals surface area contributed by atoms with E-state index in [1.54, 1.807) is 6.20 Å². The van der Waals surface area contributed by atoms with Gasteiger partial charge in [-0.15, -0.1) is 12.8 Å². The number of hydrogen-bond acceptors (Lipinski definition) is 2. The fourth-order valence-electron chi connectivity index (χ4n) is 4.39. The lowest BCUT2D eigenvalue weighted by Crippen LogP contribution is -2.31. The molecule has 1 amide bonds. The highest BCUT2D eigenvalue weighted by Crippen LogP contribution is 2.28. The van der Waals surface area contributed by atoms with Crippen molar-refractivity contribution in [3.8, 4) is 24.7 Å². The average Bonchev–Trinajstić information content (AvgIpc) is 3.27. The Bertz CT molecular complexity index is 1570. The van der Waals surface area contributed by atoms with E-state index in [0.717, 1.165) is 38.5 Å². The van der Waals surface area contributed by atoms with E-state index in [1.165, 1.54) is 0 Å². The number of terminal acetylenes is 2. The third-order valence-corrected chi connectivity index (χ3v) is 6.05. The van der Waals surface area contributed by atoms with Crippen LogP contribution in [-0.2, 0) is 6.42 Å². The summed E-state index contributed by atoms with van der Waals surface area (Å²) in [4.78, 5) is 21.3. The van der Waals surface area contributed by atoms with Crippen LogP contribution >= 0.6 is 0 Å². The standard InChI is InChI=1S/C30H21N3O/c1-3-20-13-10-14-21(4-2)25(20)19-27(22-11-6-5-7-12-22)33-30(34)29-28-24(17-18-31-29)23-15-8-9-16-26(23)32-28/h1-2,5-18,27,32H,19H2,(H,33,34)/t27-/m0/s1. The average molecular weight is 440 g/mol. The Morgan fingerprint density at radius 1 is 0.882 bits per heavy atom. The van der Waals surface area contributed by atoms with Gasteiger partial charge in [-0.2, -0.15) is 0 Å². The summed E-state index contributed by atoms with van der Waals surface area (Å²) in [6, 6.07) is 24.9. The number of fused-ring (bicyclic) bond motifs is 3. The number of pyridine rings is 1. The van der Waals surface area contributed by atoms with Crippen LogP contribution in [0.4, 0.5) is 0 Å². The van der Waals surface area contributed by atoms with E-state index >= 15 is 0 Å². The summed E-state index contributed by atoms with van der Waals surface area (Å²) < 4.78 is 0. The zero-order valence-corrected chi connectivity index (χ0v) is 18.4. The molecule has 0 unspecified atom stereocenters. The van der Waals surface area contributed by atoms with Crippen LogP contribution < -0.4 is 5.32 Å². The molecule has 0 aliphatic rings. The summed E-state index contributed by atoms with van der Waals surface area (Å²) in [5, 5.41) is 5.19. The molecule has 2 N–H and O–H groups in total. The quantitative estimate of drug-likeness (QED) is 0.361. The maximum atomic E-state index is 13.5. The lowest BCUT2D eigenvalue weighted by molar-refractivity contribution is 0.0933. The number of aromatic nitrogens is 2. The molecule has 0 spiro atoms. The SMILES string of the molecule is C#Cc1cccc(C#C)c1C[C@H](NC(=O)c1nccc2c1[nH]c1ccccc12)c1ccccc1. The van der Waals surface area contributed by atoms with Gasteiger partial charge < -0.3 is 10.3 Å². The van der Waals surface area contributed by atoms with Crippen LogP contribution in [0.15, 0.2) is 85.1 Å². The third-order valence-electron chi connectivity index (χ3n) is 6.05. The van der Waals surface area contributed by atoms with Gasteiger partial charge >= 0.3 is 0 Å². The molecule has 0 saturated heterocycles. The highest BCUT2D eigenvalue weighted by atomic mass is 16.2. The molecule has 162 valence electrons. The number of rotatable bonds is 5. The summed E-state index contributed by atoms with van der Waals surface area (Å²) in [6.45, 7) is 0. The maximum Gasteiger partial charge on any atom is 0.272 e. The molecule has 5 aromatic rings. The maximum absolute atomic E-state index is 13.5. The number of amides is 1. The minimum absolute atomic E-state index is 0.272. The second-order valence-electron chi connectivity index (χ2n) is 8.01. The van der Waals surface area contributed by atoms with E-state index in [4.69, 9.17) is 12.8 Å². The van der Waals surface area contributed by atoms with Crippen molar-refractivity contribution in [3.05, 3.63) is 113 Å². The lowest BCUT2D eigenvalue weighted by atomic mass is 9.92. The number of para-hydroxylation sites is 1. The first-order chi connectivity index (χ1) is 16.7. The number of benzene rings is 3. The number of nitrogens with zero attached hydrogens (tertiary/aromatic N) is 1. The van der Waals surface area contributed by atoms with E-state index in [0.29, 0.717) is 17.6 Å². The van der Waals surface area contributed by atoms with Gasteiger partial charge in [0.25, 0.3) is 5.91 Å². The van der Waals surface area contributed by atoms with Crippen molar-refractivity contribution in [1.82, 2.24) is 15.3 Å². The van der Waals surface area contributed by atoms with Crippen molar-refractivity contribution in [1.29, 1.82) is 0 Å². The summed E-state index contributed by atoms with van der Waals surface area (Å²) in [5.74, 6) is 5.18. The number of H-pyrrole nitrogens is 1. The first kappa shape index (κ1) is 21.1. The van der Waals surface area contributed by atoms with Gasteiger partial charge in [0.2, 0.25) is 0 Å². The Kier molecular flexibility index (Phi) is 5.56. The molecule has 0 fully saturated rings. The van der Waals surface area contributed by atoms with Gasteiger partial charge in [-0.05, 0) is 41.8 Å². The van der Waals surface area contributed by atoms with Crippen LogP contribution in [0, 0.1) is 24.7 Å². The molecule has 1 atom stereocenters. The predicted molar refractivity (Wildman–Crippen MR) is 136 cm³/mol. The van der Waals surface area contributed by atoms with Crippen molar-refractivity contribution < 1.29 is 4.79 Å². The zero-order valence-electron chi connectivity index (χ0n) is 18.4. The van der Waals surface area contributed by atoms with Gasteiger partial charge in [-0.3, -0.25) is 4.79 Å². The summed E-state index contributed by atoms with van der Waals surface area (Å²) in [6.07, 6.45) is 13.6. The molecule has 2 heterocycles. The van der Waals surface area contributed by atoms with Crippen molar-refractivity contribution in [3.63, 3.8) is 0 Å². The topological polar surface area (TPSA) is 57.8 Å². The molecule has 0 aliphatic carbocycles. The van der Waals surface area contributed by atoms with E-state index < -0.39 is 0 Å². The number of carbonyl (C=O) groups is 1. The van der Waals surface area contributed by atoms with Gasteiger partial charge in [0.1, 0.15) is 0 Å². The molecule has 0 bridgehead atoms. The van der Waals surface area contributed by atoms with Crippen LogP contribution in [0.25, 0.3) is 21.8 Å². The fourth-order valence-corrected chi connectivity index (χ4v) is 4.39. The molecule has 4 nitrogen and oxygen atoms in total. The van der Waals surface area contributed by atoms with Gasteiger partial charge in [0, 0.05) is 33.6 Å². The molecule has 4 heteroatoms. The zero-order chi connectivity index (χ0) is 23.5. The first-order valence-electron chi connectivity index (χ1n) is 11.0. The van der Waals surface area contributed by atoms with E-state index in [1.807, 2.05) is 78.9 Å². The molecule has 5 rings (SSSR count). The van der Waals surface area contributed by atoms with Crippen LogP contribution in [0.1, 0.15) is 38.8 Å². The normalized spacial score (nSPS) is 11.6.